The quantitative estimate of drug-likeness (QED) is 0.565. The molecule has 0 bridgehead atoms. The minimum atomic E-state index is -4.42. The van der Waals surface area contributed by atoms with Crippen molar-refractivity contribution in [2.75, 3.05) is 0 Å². The lowest BCUT2D eigenvalue weighted by molar-refractivity contribution is -0.137. The van der Waals surface area contributed by atoms with Crippen molar-refractivity contribution in [2.24, 2.45) is 0 Å². The van der Waals surface area contributed by atoms with Crippen molar-refractivity contribution in [3.05, 3.63) is 71.4 Å². The van der Waals surface area contributed by atoms with E-state index in [1.807, 2.05) is 24.3 Å². The predicted molar refractivity (Wildman–Crippen MR) is 108 cm³/mol. The van der Waals surface area contributed by atoms with Crippen LogP contribution in [-0.4, -0.2) is 22.8 Å². The standard InChI is InChI=1S/C22H22F3N3O2/c1-13(15-7-9-17(10-8-15)22(23,24)25)27-21(30)20(28-14(2)29)11-16-12-26-19-6-4-3-5-18(16)19/h3-10,12-13,20,26H,11H2,1-2H3,(H,27,30)(H,28,29). The smallest absolute Gasteiger partial charge is 0.361 e. The number of benzene rings is 2. The van der Waals surface area contributed by atoms with Gasteiger partial charge in [0.2, 0.25) is 11.8 Å². The number of aromatic amines is 1. The second kappa shape index (κ2) is 8.61. The van der Waals surface area contributed by atoms with E-state index in [2.05, 4.69) is 15.6 Å². The van der Waals surface area contributed by atoms with E-state index >= 15 is 0 Å². The SMILES string of the molecule is CC(=O)NC(Cc1c[nH]c2ccccc12)C(=O)NC(C)c1ccc(C(F)(F)F)cc1. The number of hydrogen-bond acceptors (Lipinski definition) is 2. The fraction of sp³-hybridized carbons (Fsp3) is 0.273. The van der Waals surface area contributed by atoms with Crippen molar-refractivity contribution in [2.45, 2.75) is 38.5 Å². The van der Waals surface area contributed by atoms with Crippen LogP contribution in [0.2, 0.25) is 0 Å². The highest BCUT2D eigenvalue weighted by Gasteiger charge is 2.30. The third-order valence-electron chi connectivity index (χ3n) is 4.89. The minimum absolute atomic E-state index is 0.273. The van der Waals surface area contributed by atoms with Crippen molar-refractivity contribution in [3.63, 3.8) is 0 Å². The van der Waals surface area contributed by atoms with Gasteiger partial charge < -0.3 is 15.6 Å². The van der Waals surface area contributed by atoms with Crippen LogP contribution in [0.3, 0.4) is 0 Å². The first kappa shape index (κ1) is 21.4. The van der Waals surface area contributed by atoms with E-state index in [9.17, 15) is 22.8 Å². The first-order valence-corrected chi connectivity index (χ1v) is 9.45. The molecule has 2 atom stereocenters. The van der Waals surface area contributed by atoms with Crippen LogP contribution < -0.4 is 10.6 Å². The molecule has 2 unspecified atom stereocenters. The number of rotatable bonds is 6. The van der Waals surface area contributed by atoms with Crippen molar-refractivity contribution >= 4 is 22.7 Å². The number of halogens is 3. The molecule has 0 aliphatic heterocycles. The summed E-state index contributed by atoms with van der Waals surface area (Å²) in [5.74, 6) is -0.764. The average molecular weight is 417 g/mol. The summed E-state index contributed by atoms with van der Waals surface area (Å²) in [6.07, 6.45) is -2.35. The molecule has 0 aliphatic rings. The Hall–Kier alpha value is -3.29. The average Bonchev–Trinajstić information content (AvgIpc) is 3.09. The zero-order chi connectivity index (χ0) is 21.9. The summed E-state index contributed by atoms with van der Waals surface area (Å²) < 4.78 is 38.2. The minimum Gasteiger partial charge on any atom is -0.361 e. The molecule has 0 saturated carbocycles. The number of nitrogens with one attached hydrogen (secondary N) is 3. The van der Waals surface area contributed by atoms with Gasteiger partial charge in [-0.15, -0.1) is 0 Å². The highest BCUT2D eigenvalue weighted by Crippen LogP contribution is 2.30. The summed E-state index contributed by atoms with van der Waals surface area (Å²) in [6.45, 7) is 3.01. The molecule has 1 heterocycles. The maximum Gasteiger partial charge on any atom is 0.416 e. The third-order valence-corrected chi connectivity index (χ3v) is 4.89. The van der Waals surface area contributed by atoms with Crippen molar-refractivity contribution in [1.29, 1.82) is 0 Å². The first-order chi connectivity index (χ1) is 14.1. The summed E-state index contributed by atoms with van der Waals surface area (Å²) in [5, 5.41) is 6.39. The van der Waals surface area contributed by atoms with Crippen LogP contribution in [-0.2, 0) is 22.2 Å². The van der Waals surface area contributed by atoms with Gasteiger partial charge in [-0.1, -0.05) is 30.3 Å². The maximum atomic E-state index is 12.8. The fourth-order valence-corrected chi connectivity index (χ4v) is 3.33. The number of amides is 2. The molecule has 0 radical (unpaired) electrons. The molecule has 3 aromatic rings. The molecule has 2 aromatic carbocycles. The molecular weight excluding hydrogens is 395 g/mol. The Morgan fingerprint density at radius 3 is 2.33 bits per heavy atom. The molecule has 158 valence electrons. The van der Waals surface area contributed by atoms with Gasteiger partial charge in [0.25, 0.3) is 0 Å². The number of carbonyl (C=O) groups is 2. The summed E-state index contributed by atoms with van der Waals surface area (Å²) in [6, 6.07) is 10.9. The number of H-pyrrole nitrogens is 1. The van der Waals surface area contributed by atoms with Gasteiger partial charge in [-0.05, 0) is 36.2 Å². The maximum absolute atomic E-state index is 12.8. The van der Waals surface area contributed by atoms with Gasteiger partial charge in [0.05, 0.1) is 11.6 Å². The molecule has 0 saturated heterocycles. The highest BCUT2D eigenvalue weighted by atomic mass is 19.4. The molecular formula is C22H22F3N3O2. The largest absolute Gasteiger partial charge is 0.416 e. The monoisotopic (exact) mass is 417 g/mol. The lowest BCUT2D eigenvalue weighted by atomic mass is 10.0. The first-order valence-electron chi connectivity index (χ1n) is 9.45. The highest BCUT2D eigenvalue weighted by molar-refractivity contribution is 5.89. The van der Waals surface area contributed by atoms with E-state index in [1.54, 1.807) is 13.1 Å². The van der Waals surface area contributed by atoms with E-state index in [1.165, 1.54) is 19.1 Å². The van der Waals surface area contributed by atoms with Crippen LogP contribution in [0.15, 0.2) is 54.7 Å². The number of para-hydroxylation sites is 1. The molecule has 8 heteroatoms. The Kier molecular flexibility index (Phi) is 6.14. The van der Waals surface area contributed by atoms with E-state index in [4.69, 9.17) is 0 Å². The van der Waals surface area contributed by atoms with Gasteiger partial charge in [-0.25, -0.2) is 0 Å². The number of aromatic nitrogens is 1. The van der Waals surface area contributed by atoms with E-state index < -0.39 is 29.7 Å². The van der Waals surface area contributed by atoms with Crippen molar-refractivity contribution < 1.29 is 22.8 Å². The van der Waals surface area contributed by atoms with Gasteiger partial charge in [0.15, 0.2) is 0 Å². The van der Waals surface area contributed by atoms with Gasteiger partial charge in [-0.2, -0.15) is 13.2 Å². The Morgan fingerprint density at radius 1 is 1.03 bits per heavy atom. The van der Waals surface area contributed by atoms with E-state index in [0.29, 0.717) is 5.56 Å². The molecule has 2 amide bonds. The Labute approximate surface area is 171 Å². The molecule has 5 nitrogen and oxygen atoms in total. The molecule has 0 fully saturated rings. The number of alkyl halides is 3. The Morgan fingerprint density at radius 2 is 1.70 bits per heavy atom. The van der Waals surface area contributed by atoms with Crippen molar-refractivity contribution in [1.82, 2.24) is 15.6 Å². The molecule has 30 heavy (non-hydrogen) atoms. The van der Waals surface area contributed by atoms with Crippen LogP contribution in [0.4, 0.5) is 13.2 Å². The summed E-state index contributed by atoms with van der Waals surface area (Å²) in [7, 11) is 0. The molecule has 0 aliphatic carbocycles. The van der Waals surface area contributed by atoms with E-state index in [0.717, 1.165) is 28.6 Å². The van der Waals surface area contributed by atoms with Gasteiger partial charge in [-0.3, -0.25) is 9.59 Å². The van der Waals surface area contributed by atoms with E-state index in [-0.39, 0.29) is 12.3 Å². The lowest BCUT2D eigenvalue weighted by Crippen LogP contribution is -2.47. The molecule has 3 rings (SSSR count). The predicted octanol–water partition coefficient (Wildman–Crippen LogP) is 4.11. The Balaban J connectivity index is 1.74. The fourth-order valence-electron chi connectivity index (χ4n) is 3.33. The molecule has 3 N–H and O–H groups in total. The normalized spacial score (nSPS) is 13.6. The third kappa shape index (κ3) is 5.00. The number of carbonyl (C=O) groups excluding carboxylic acids is 2. The zero-order valence-corrected chi connectivity index (χ0v) is 16.5. The lowest BCUT2D eigenvalue weighted by Gasteiger charge is -2.21. The summed E-state index contributed by atoms with van der Waals surface area (Å²) >= 11 is 0. The topological polar surface area (TPSA) is 74.0 Å². The number of hydrogen-bond donors (Lipinski definition) is 3. The van der Waals surface area contributed by atoms with Gasteiger partial charge in [0, 0.05) is 30.4 Å². The summed E-state index contributed by atoms with van der Waals surface area (Å²) in [5.41, 5.74) is 1.58. The van der Waals surface area contributed by atoms with Gasteiger partial charge >= 0.3 is 6.18 Å². The summed E-state index contributed by atoms with van der Waals surface area (Å²) in [4.78, 5) is 27.6. The van der Waals surface area contributed by atoms with Crippen molar-refractivity contribution in [3.8, 4) is 0 Å². The second-order valence-electron chi connectivity index (χ2n) is 7.17. The van der Waals surface area contributed by atoms with Crippen LogP contribution >= 0.6 is 0 Å². The van der Waals surface area contributed by atoms with Crippen LogP contribution in [0.5, 0.6) is 0 Å². The molecule has 1 aromatic heterocycles. The molecule has 0 spiro atoms. The van der Waals surface area contributed by atoms with Crippen LogP contribution in [0.25, 0.3) is 10.9 Å². The van der Waals surface area contributed by atoms with Crippen LogP contribution in [0.1, 0.15) is 36.6 Å². The van der Waals surface area contributed by atoms with Crippen LogP contribution in [0, 0.1) is 0 Å². The zero-order valence-electron chi connectivity index (χ0n) is 16.5. The Bertz CT molecular complexity index is 1040. The second-order valence-corrected chi connectivity index (χ2v) is 7.17. The number of fused-ring (bicyclic) bond motifs is 1. The van der Waals surface area contributed by atoms with Gasteiger partial charge in [0.1, 0.15) is 6.04 Å².